The first-order valence-electron chi connectivity index (χ1n) is 14.7. The number of carbonyl (C=O) groups is 2. The maximum atomic E-state index is 13.3. The van der Waals surface area contributed by atoms with Crippen molar-refractivity contribution in [3.05, 3.63) is 93.5 Å². The van der Waals surface area contributed by atoms with Crippen molar-refractivity contribution in [2.24, 2.45) is 5.10 Å². The van der Waals surface area contributed by atoms with Crippen molar-refractivity contribution >= 4 is 35.3 Å². The number of amides is 2. The number of hydrogen-bond donors (Lipinski definition) is 2. The Hall–Kier alpha value is -3.97. The fourth-order valence-electron chi connectivity index (χ4n) is 4.47. The zero-order valence-corrected chi connectivity index (χ0v) is 27.0. The molecule has 0 aliphatic rings. The molecule has 0 bridgehead atoms. The molecule has 2 N–H and O–H groups in total. The van der Waals surface area contributed by atoms with Crippen LogP contribution in [0, 0.1) is 0 Å². The molecule has 0 heterocycles. The van der Waals surface area contributed by atoms with Gasteiger partial charge in [-0.05, 0) is 73.7 Å². The van der Waals surface area contributed by atoms with E-state index in [1.165, 1.54) is 25.3 Å². The summed E-state index contributed by atoms with van der Waals surface area (Å²) in [5, 5.41) is 6.15. The molecule has 0 aliphatic carbocycles. The number of ether oxygens (including phenoxy) is 2. The molecule has 3 aromatic rings. The van der Waals surface area contributed by atoms with E-state index in [0.29, 0.717) is 24.5 Å². The quantitative estimate of drug-likeness (QED) is 0.108. The summed E-state index contributed by atoms with van der Waals surface area (Å²) in [5.41, 5.74) is 2.93. The maximum Gasteiger partial charge on any atom is 0.417 e. The number of benzene rings is 3. The van der Waals surface area contributed by atoms with E-state index in [9.17, 15) is 22.8 Å². The van der Waals surface area contributed by atoms with Crippen LogP contribution in [-0.2, 0) is 17.5 Å². The number of hydrogen-bond acceptors (Lipinski definition) is 7. The van der Waals surface area contributed by atoms with Gasteiger partial charge in [0.25, 0.3) is 11.8 Å². The number of halogens is 4. The number of nitrogens with zero attached hydrogens (tertiary/aromatic N) is 3. The normalized spacial score (nSPS) is 11.8. The van der Waals surface area contributed by atoms with Gasteiger partial charge in [0.1, 0.15) is 12.4 Å². The Bertz CT molecular complexity index is 1500. The molecule has 13 heteroatoms. The molecule has 0 saturated heterocycles. The predicted molar refractivity (Wildman–Crippen MR) is 174 cm³/mol. The highest BCUT2D eigenvalue weighted by Gasteiger charge is 2.33. The number of rotatable bonds is 16. The lowest BCUT2D eigenvalue weighted by Gasteiger charge is -2.23. The summed E-state index contributed by atoms with van der Waals surface area (Å²) in [6.45, 7) is 9.23. The molecule has 2 amide bonds. The topological polar surface area (TPSA) is 95.5 Å². The second-order valence-electron chi connectivity index (χ2n) is 10.4. The fraction of sp³-hybridized carbons (Fsp3) is 0.364. The lowest BCUT2D eigenvalue weighted by molar-refractivity contribution is -0.137. The highest BCUT2D eigenvalue weighted by molar-refractivity contribution is 6.31. The van der Waals surface area contributed by atoms with Crippen LogP contribution < -0.4 is 15.5 Å². The van der Waals surface area contributed by atoms with Crippen LogP contribution in [0.1, 0.15) is 51.3 Å². The number of carbonyl (C=O) groups excluding carboxylic acids is 2. The lowest BCUT2D eigenvalue weighted by Crippen LogP contribution is -2.32. The van der Waals surface area contributed by atoms with Crippen LogP contribution in [0.15, 0.2) is 65.8 Å². The minimum atomic E-state index is -4.65. The zero-order chi connectivity index (χ0) is 33.7. The molecule has 46 heavy (non-hydrogen) atoms. The van der Waals surface area contributed by atoms with Crippen molar-refractivity contribution in [1.82, 2.24) is 15.2 Å². The Balaban J connectivity index is 1.77. The van der Waals surface area contributed by atoms with E-state index in [0.717, 1.165) is 50.1 Å². The molecule has 3 rings (SSSR count). The third-order valence-corrected chi connectivity index (χ3v) is 7.38. The summed E-state index contributed by atoms with van der Waals surface area (Å²) in [6.07, 6.45) is -3.59. The van der Waals surface area contributed by atoms with Crippen molar-refractivity contribution in [1.29, 1.82) is 0 Å². The molecule has 248 valence electrons. The van der Waals surface area contributed by atoms with E-state index >= 15 is 0 Å². The van der Waals surface area contributed by atoms with E-state index in [-0.39, 0.29) is 23.4 Å². The molecule has 0 spiro atoms. The highest BCUT2D eigenvalue weighted by atomic mass is 35.5. The standard InChI is InChI=1S/C33H39ClF3N5O4/c1-5-42(6-2)15-14-41(3)22-24-8-7-9-25(18-24)31(43)39-30-13-11-26(46-17-16-45-4)20-27(30)32(44)40-38-21-23-10-12-29(34)28(19-23)33(35,36)37/h7-13,18-21H,5-6,14-17,22H2,1-4H3,(H,39,43)(H,40,44)/b38-21-. The van der Waals surface area contributed by atoms with Gasteiger partial charge in [-0.1, -0.05) is 43.6 Å². The summed E-state index contributed by atoms with van der Waals surface area (Å²) in [6, 6.07) is 15.1. The molecule has 0 radical (unpaired) electrons. The molecule has 0 saturated carbocycles. The Kier molecular flexibility index (Phi) is 14.0. The summed E-state index contributed by atoms with van der Waals surface area (Å²) in [5.74, 6) is -0.817. The first-order chi connectivity index (χ1) is 21.9. The molecular weight excluding hydrogens is 623 g/mol. The van der Waals surface area contributed by atoms with Crippen LogP contribution in [0.5, 0.6) is 5.75 Å². The monoisotopic (exact) mass is 661 g/mol. The van der Waals surface area contributed by atoms with Crippen molar-refractivity contribution in [3.63, 3.8) is 0 Å². The Morgan fingerprint density at radius 1 is 0.978 bits per heavy atom. The van der Waals surface area contributed by atoms with Crippen LogP contribution in [-0.4, -0.2) is 81.4 Å². The highest BCUT2D eigenvalue weighted by Crippen LogP contribution is 2.35. The molecule has 0 aromatic heterocycles. The average Bonchev–Trinajstić information content (AvgIpc) is 3.02. The lowest BCUT2D eigenvalue weighted by atomic mass is 10.1. The van der Waals surface area contributed by atoms with Gasteiger partial charge in [-0.15, -0.1) is 0 Å². The Morgan fingerprint density at radius 2 is 1.74 bits per heavy atom. The van der Waals surface area contributed by atoms with Crippen LogP contribution in [0.2, 0.25) is 5.02 Å². The minimum absolute atomic E-state index is 0.0276. The second-order valence-corrected chi connectivity index (χ2v) is 10.8. The first-order valence-corrected chi connectivity index (χ1v) is 15.1. The number of likely N-dealkylation sites (N-methyl/N-ethyl adjacent to an activating group) is 2. The SMILES string of the molecule is CCN(CC)CCN(C)Cc1cccc(C(=O)Nc2ccc(OCCOC)cc2C(=O)N/N=C\c2ccc(Cl)c(C(F)(F)F)c2)c1. The molecule has 9 nitrogen and oxygen atoms in total. The van der Waals surface area contributed by atoms with Gasteiger partial charge in [0.05, 0.1) is 34.7 Å². The number of hydrazone groups is 1. The van der Waals surface area contributed by atoms with Crippen molar-refractivity contribution in [3.8, 4) is 5.75 Å². The van der Waals surface area contributed by atoms with Crippen LogP contribution in [0.4, 0.5) is 18.9 Å². The Labute approximate surface area is 272 Å². The molecule has 0 unspecified atom stereocenters. The van der Waals surface area contributed by atoms with Crippen molar-refractivity contribution in [2.45, 2.75) is 26.6 Å². The fourth-order valence-corrected chi connectivity index (χ4v) is 4.69. The van der Waals surface area contributed by atoms with E-state index < -0.39 is 28.6 Å². The first kappa shape index (κ1) is 36.5. The van der Waals surface area contributed by atoms with Crippen LogP contribution >= 0.6 is 11.6 Å². The largest absolute Gasteiger partial charge is 0.491 e. The van der Waals surface area contributed by atoms with E-state index in [2.05, 4.69) is 39.5 Å². The molecule has 0 fully saturated rings. The van der Waals surface area contributed by atoms with E-state index in [4.69, 9.17) is 21.1 Å². The van der Waals surface area contributed by atoms with Crippen LogP contribution in [0.3, 0.4) is 0 Å². The van der Waals surface area contributed by atoms with Gasteiger partial charge in [0.2, 0.25) is 0 Å². The number of alkyl halides is 3. The Morgan fingerprint density at radius 3 is 2.43 bits per heavy atom. The van der Waals surface area contributed by atoms with E-state index in [1.54, 1.807) is 24.3 Å². The van der Waals surface area contributed by atoms with Crippen LogP contribution in [0.25, 0.3) is 0 Å². The van der Waals surface area contributed by atoms with Gasteiger partial charge >= 0.3 is 6.18 Å². The summed E-state index contributed by atoms with van der Waals surface area (Å²) >= 11 is 5.68. The van der Waals surface area contributed by atoms with Gasteiger partial charge in [-0.3, -0.25) is 9.59 Å². The van der Waals surface area contributed by atoms with E-state index in [1.807, 2.05) is 13.1 Å². The smallest absolute Gasteiger partial charge is 0.417 e. The van der Waals surface area contributed by atoms with Gasteiger partial charge in [0.15, 0.2) is 0 Å². The van der Waals surface area contributed by atoms with Crippen molar-refractivity contribution in [2.75, 3.05) is 58.9 Å². The zero-order valence-electron chi connectivity index (χ0n) is 26.3. The van der Waals surface area contributed by atoms with Gasteiger partial charge in [0, 0.05) is 32.3 Å². The third kappa shape index (κ3) is 11.1. The van der Waals surface area contributed by atoms with Crippen molar-refractivity contribution < 1.29 is 32.2 Å². The molecule has 0 atom stereocenters. The summed E-state index contributed by atoms with van der Waals surface area (Å²) < 4.78 is 50.3. The number of methoxy groups -OCH3 is 1. The minimum Gasteiger partial charge on any atom is -0.491 e. The third-order valence-electron chi connectivity index (χ3n) is 7.05. The number of nitrogens with one attached hydrogen (secondary N) is 2. The average molecular weight is 662 g/mol. The predicted octanol–water partition coefficient (Wildman–Crippen LogP) is 6.17. The molecule has 3 aromatic carbocycles. The van der Waals surface area contributed by atoms with Gasteiger partial charge in [-0.25, -0.2) is 5.43 Å². The summed E-state index contributed by atoms with van der Waals surface area (Å²) in [4.78, 5) is 31.0. The van der Waals surface area contributed by atoms with Gasteiger partial charge < -0.3 is 24.6 Å². The number of anilines is 1. The molecular formula is C33H39ClF3N5O4. The maximum absolute atomic E-state index is 13.3. The molecule has 0 aliphatic heterocycles. The summed E-state index contributed by atoms with van der Waals surface area (Å²) in [7, 11) is 3.55. The second kappa shape index (κ2) is 17.7. The van der Waals surface area contributed by atoms with Gasteiger partial charge in [-0.2, -0.15) is 18.3 Å².